The molecular weight excluding hydrogens is 194 g/mol. The molecule has 0 fully saturated rings. The van der Waals surface area contributed by atoms with Crippen molar-refractivity contribution in [3.8, 4) is 0 Å². The molecule has 2 aromatic heterocycles. The van der Waals surface area contributed by atoms with Gasteiger partial charge >= 0.3 is 0 Å². The first-order valence-electron chi connectivity index (χ1n) is 4.27. The summed E-state index contributed by atoms with van der Waals surface area (Å²) in [5.74, 6) is 0.335. The van der Waals surface area contributed by atoms with Crippen LogP contribution >= 0.6 is 0 Å². The quantitative estimate of drug-likeness (QED) is 0.660. The normalized spacial score (nSPS) is 9.87. The average Bonchev–Trinajstić information content (AvgIpc) is 2.25. The van der Waals surface area contributed by atoms with Crippen molar-refractivity contribution < 1.29 is 0 Å². The molecule has 0 aliphatic carbocycles. The molecule has 2 heterocycles. The monoisotopic (exact) mass is 203 g/mol. The number of hydrogen-bond donors (Lipinski definition) is 3. The highest BCUT2D eigenvalue weighted by atomic mass is 16.1. The van der Waals surface area contributed by atoms with Gasteiger partial charge in [-0.15, -0.1) is 0 Å². The fourth-order valence-corrected chi connectivity index (χ4v) is 1.04. The van der Waals surface area contributed by atoms with E-state index in [2.05, 4.69) is 20.3 Å². The molecule has 0 unspecified atom stereocenters. The van der Waals surface area contributed by atoms with Gasteiger partial charge in [0.25, 0.3) is 5.56 Å². The van der Waals surface area contributed by atoms with Crippen molar-refractivity contribution >= 4 is 17.3 Å². The molecule has 0 atom stereocenters. The van der Waals surface area contributed by atoms with E-state index in [1.54, 1.807) is 18.5 Å². The van der Waals surface area contributed by atoms with Crippen LogP contribution in [0.3, 0.4) is 0 Å². The number of nitrogens with one attached hydrogen (secondary N) is 2. The molecule has 15 heavy (non-hydrogen) atoms. The van der Waals surface area contributed by atoms with E-state index < -0.39 is 0 Å². The maximum absolute atomic E-state index is 11.2. The Labute approximate surface area is 85.2 Å². The third-order valence-corrected chi connectivity index (χ3v) is 1.75. The average molecular weight is 203 g/mol. The second-order valence-corrected chi connectivity index (χ2v) is 2.88. The first-order chi connectivity index (χ1) is 7.25. The van der Waals surface area contributed by atoms with Crippen molar-refractivity contribution in [2.24, 2.45) is 0 Å². The SMILES string of the molecule is Nc1cnc(Nc2cccnc2)[nH]c1=O. The number of anilines is 3. The molecule has 0 saturated heterocycles. The van der Waals surface area contributed by atoms with Crippen LogP contribution in [-0.4, -0.2) is 15.0 Å². The van der Waals surface area contributed by atoms with E-state index in [0.29, 0.717) is 5.95 Å². The molecule has 6 heteroatoms. The minimum Gasteiger partial charge on any atom is -0.393 e. The summed E-state index contributed by atoms with van der Waals surface area (Å²) in [6.45, 7) is 0. The van der Waals surface area contributed by atoms with Crippen molar-refractivity contribution in [2.45, 2.75) is 0 Å². The molecule has 0 bridgehead atoms. The van der Waals surface area contributed by atoms with E-state index in [0.717, 1.165) is 5.69 Å². The topological polar surface area (TPSA) is 96.7 Å². The standard InChI is InChI=1S/C9H9N5O/c10-7-5-12-9(14-8(7)15)13-6-2-1-3-11-4-6/h1-5H,10H2,(H2,12,13,14,15). The molecule has 0 amide bonds. The van der Waals surface area contributed by atoms with Crippen molar-refractivity contribution in [2.75, 3.05) is 11.1 Å². The van der Waals surface area contributed by atoms with E-state index >= 15 is 0 Å². The zero-order valence-electron chi connectivity index (χ0n) is 7.77. The molecule has 2 rings (SSSR count). The van der Waals surface area contributed by atoms with E-state index in [1.807, 2.05) is 6.07 Å². The number of H-pyrrole nitrogens is 1. The highest BCUT2D eigenvalue weighted by Crippen LogP contribution is 2.08. The Morgan fingerprint density at radius 2 is 2.27 bits per heavy atom. The molecule has 6 nitrogen and oxygen atoms in total. The smallest absolute Gasteiger partial charge is 0.275 e. The molecule has 2 aromatic rings. The van der Waals surface area contributed by atoms with Crippen molar-refractivity contribution in [1.29, 1.82) is 0 Å². The van der Waals surface area contributed by atoms with Gasteiger partial charge in [-0.1, -0.05) is 0 Å². The Hall–Kier alpha value is -2.37. The van der Waals surface area contributed by atoms with E-state index in [9.17, 15) is 4.79 Å². The van der Waals surface area contributed by atoms with Crippen LogP contribution in [0.2, 0.25) is 0 Å². The highest BCUT2D eigenvalue weighted by Gasteiger charge is 1.98. The van der Waals surface area contributed by atoms with Crippen LogP contribution in [0.5, 0.6) is 0 Å². The van der Waals surface area contributed by atoms with Crippen LogP contribution in [0.25, 0.3) is 0 Å². The molecule has 0 aliphatic rings. The Morgan fingerprint density at radius 1 is 1.40 bits per heavy atom. The summed E-state index contributed by atoms with van der Waals surface area (Å²) in [6.07, 6.45) is 4.58. The predicted octanol–water partition coefficient (Wildman–Crippen LogP) is 0.491. The molecule has 0 saturated carbocycles. The first kappa shape index (κ1) is 9.20. The maximum Gasteiger partial charge on any atom is 0.275 e. The van der Waals surface area contributed by atoms with Crippen LogP contribution in [0.15, 0.2) is 35.5 Å². The zero-order valence-corrected chi connectivity index (χ0v) is 7.77. The fraction of sp³-hybridized carbons (Fsp3) is 0. The lowest BCUT2D eigenvalue weighted by molar-refractivity contribution is 1.12. The van der Waals surface area contributed by atoms with Gasteiger partial charge in [0.2, 0.25) is 5.95 Å². The number of pyridine rings is 1. The number of nitrogens with zero attached hydrogens (tertiary/aromatic N) is 2. The van der Waals surface area contributed by atoms with Crippen molar-refractivity contribution in [1.82, 2.24) is 15.0 Å². The summed E-state index contributed by atoms with van der Waals surface area (Å²) >= 11 is 0. The lowest BCUT2D eigenvalue weighted by Gasteiger charge is -2.03. The van der Waals surface area contributed by atoms with Gasteiger partial charge in [0, 0.05) is 6.20 Å². The minimum absolute atomic E-state index is 0.0896. The van der Waals surface area contributed by atoms with Gasteiger partial charge in [-0.2, -0.15) is 0 Å². The van der Waals surface area contributed by atoms with Gasteiger partial charge in [0.15, 0.2) is 0 Å². The Bertz CT molecular complexity index is 507. The van der Waals surface area contributed by atoms with Gasteiger partial charge in [0.05, 0.1) is 18.1 Å². The van der Waals surface area contributed by atoms with Crippen LogP contribution < -0.4 is 16.6 Å². The molecule has 0 aliphatic heterocycles. The number of nitrogen functional groups attached to an aromatic ring is 1. The molecule has 0 spiro atoms. The lowest BCUT2D eigenvalue weighted by atomic mass is 10.4. The molecule has 76 valence electrons. The van der Waals surface area contributed by atoms with Crippen molar-refractivity contribution in [3.63, 3.8) is 0 Å². The van der Waals surface area contributed by atoms with Gasteiger partial charge in [0.1, 0.15) is 5.69 Å². The van der Waals surface area contributed by atoms with Crippen molar-refractivity contribution in [3.05, 3.63) is 41.1 Å². The molecule has 0 aromatic carbocycles. The number of nitrogens with two attached hydrogens (primary N) is 1. The number of hydrogen-bond acceptors (Lipinski definition) is 5. The highest BCUT2D eigenvalue weighted by molar-refractivity contribution is 5.51. The number of aromatic amines is 1. The number of rotatable bonds is 2. The molecule has 0 radical (unpaired) electrons. The summed E-state index contributed by atoms with van der Waals surface area (Å²) in [5.41, 5.74) is 5.80. The van der Waals surface area contributed by atoms with Crippen LogP contribution in [0.4, 0.5) is 17.3 Å². The summed E-state index contributed by atoms with van der Waals surface area (Å²) in [6, 6.07) is 3.58. The van der Waals surface area contributed by atoms with E-state index in [1.165, 1.54) is 6.20 Å². The van der Waals surface area contributed by atoms with Crippen LogP contribution in [0.1, 0.15) is 0 Å². The number of aromatic nitrogens is 3. The zero-order chi connectivity index (χ0) is 10.7. The van der Waals surface area contributed by atoms with Gasteiger partial charge < -0.3 is 11.1 Å². The molecule has 4 N–H and O–H groups in total. The molecular formula is C9H9N5O. The van der Waals surface area contributed by atoms with E-state index in [-0.39, 0.29) is 11.2 Å². The summed E-state index contributed by atoms with van der Waals surface area (Å²) in [4.78, 5) is 21.5. The lowest BCUT2D eigenvalue weighted by Crippen LogP contribution is -2.14. The summed E-state index contributed by atoms with van der Waals surface area (Å²) < 4.78 is 0. The predicted molar refractivity (Wildman–Crippen MR) is 56.8 cm³/mol. The van der Waals surface area contributed by atoms with E-state index in [4.69, 9.17) is 5.73 Å². The third-order valence-electron chi connectivity index (χ3n) is 1.75. The second kappa shape index (κ2) is 3.79. The van der Waals surface area contributed by atoms with Gasteiger partial charge in [-0.3, -0.25) is 14.8 Å². The van der Waals surface area contributed by atoms with Crippen LogP contribution in [0, 0.1) is 0 Å². The largest absolute Gasteiger partial charge is 0.393 e. The first-order valence-corrected chi connectivity index (χ1v) is 4.27. The van der Waals surface area contributed by atoms with Gasteiger partial charge in [-0.25, -0.2) is 4.98 Å². The van der Waals surface area contributed by atoms with Gasteiger partial charge in [-0.05, 0) is 12.1 Å². The maximum atomic E-state index is 11.2. The second-order valence-electron chi connectivity index (χ2n) is 2.88. The summed E-state index contributed by atoms with van der Waals surface area (Å²) in [7, 11) is 0. The summed E-state index contributed by atoms with van der Waals surface area (Å²) in [5, 5.41) is 2.89. The minimum atomic E-state index is -0.364. The van der Waals surface area contributed by atoms with Crippen LogP contribution in [-0.2, 0) is 0 Å². The Morgan fingerprint density at radius 3 is 2.93 bits per heavy atom. The Kier molecular flexibility index (Phi) is 2.32. The fourth-order valence-electron chi connectivity index (χ4n) is 1.04. The Balaban J connectivity index is 2.26. The third kappa shape index (κ3) is 2.11.